The van der Waals surface area contributed by atoms with Gasteiger partial charge in [-0.25, -0.2) is 9.97 Å². The number of esters is 1. The molecule has 2 aromatic carbocycles. The molecule has 1 atom stereocenters. The molecule has 41 heavy (non-hydrogen) atoms. The first-order chi connectivity index (χ1) is 20.0. The van der Waals surface area contributed by atoms with Crippen LogP contribution in [0.5, 0.6) is 5.75 Å². The van der Waals surface area contributed by atoms with Crippen LogP contribution in [0, 0.1) is 5.92 Å². The molecule has 1 aromatic heterocycles. The van der Waals surface area contributed by atoms with E-state index in [1.165, 1.54) is 32.8 Å². The number of carbonyl (C=O) groups is 2. The minimum atomic E-state index is -0.660. The number of likely N-dealkylation sites (tertiary alicyclic amines) is 1. The van der Waals surface area contributed by atoms with Gasteiger partial charge in [0.05, 0.1) is 25.7 Å². The van der Waals surface area contributed by atoms with Gasteiger partial charge < -0.3 is 20.1 Å². The Bertz CT molecular complexity index is 1210. The zero-order valence-corrected chi connectivity index (χ0v) is 24.8. The van der Waals surface area contributed by atoms with Crippen molar-refractivity contribution < 1.29 is 19.1 Å². The predicted molar refractivity (Wildman–Crippen MR) is 162 cm³/mol. The van der Waals surface area contributed by atoms with Crippen LogP contribution in [0.2, 0.25) is 0 Å². The standard InChI is InChI=1S/C31H38N4O4.C2H6/c1-3-4-5-6-7-16-39-27-14-12-23(13-15-27)25-18-33-29(34-19-25)24-10-8-22(9-11-24)17-28(32)30(36)35-20-26(21-35)31(37)38-2;1-2/h8-15,18-19,26,28H,3-7,16-17,20-21,32H2,1-2H3;1-2H3. The fourth-order valence-electron chi connectivity index (χ4n) is 4.61. The van der Waals surface area contributed by atoms with E-state index >= 15 is 0 Å². The fourth-order valence-corrected chi connectivity index (χ4v) is 4.61. The summed E-state index contributed by atoms with van der Waals surface area (Å²) in [4.78, 5) is 34.8. The Balaban J connectivity index is 0.00000226. The molecule has 1 fully saturated rings. The van der Waals surface area contributed by atoms with Crippen molar-refractivity contribution in [2.24, 2.45) is 11.7 Å². The highest BCUT2D eigenvalue weighted by atomic mass is 16.5. The van der Waals surface area contributed by atoms with Crippen LogP contribution in [0.4, 0.5) is 0 Å². The van der Waals surface area contributed by atoms with Crippen molar-refractivity contribution in [1.82, 2.24) is 14.9 Å². The van der Waals surface area contributed by atoms with E-state index in [0.29, 0.717) is 25.3 Å². The van der Waals surface area contributed by atoms with Gasteiger partial charge in [0.25, 0.3) is 0 Å². The Kier molecular flexibility index (Phi) is 12.8. The molecule has 0 aliphatic carbocycles. The lowest BCUT2D eigenvalue weighted by molar-refractivity contribution is -0.156. The number of nitrogens with two attached hydrogens (primary N) is 1. The number of methoxy groups -OCH3 is 1. The summed E-state index contributed by atoms with van der Waals surface area (Å²) >= 11 is 0. The van der Waals surface area contributed by atoms with Gasteiger partial charge in [-0.3, -0.25) is 9.59 Å². The lowest BCUT2D eigenvalue weighted by Gasteiger charge is -2.38. The van der Waals surface area contributed by atoms with Crippen LogP contribution in [-0.2, 0) is 20.7 Å². The summed E-state index contributed by atoms with van der Waals surface area (Å²) in [6.45, 7) is 7.70. The second-order valence-electron chi connectivity index (χ2n) is 10.1. The van der Waals surface area contributed by atoms with Gasteiger partial charge >= 0.3 is 5.97 Å². The molecule has 8 heteroatoms. The Morgan fingerprint density at radius 3 is 2.12 bits per heavy atom. The van der Waals surface area contributed by atoms with E-state index in [0.717, 1.165) is 41.0 Å². The van der Waals surface area contributed by atoms with Crippen molar-refractivity contribution in [2.75, 3.05) is 26.8 Å². The number of nitrogens with zero attached hydrogens (tertiary/aromatic N) is 3. The molecule has 1 amide bonds. The zero-order chi connectivity index (χ0) is 29.6. The van der Waals surface area contributed by atoms with E-state index in [2.05, 4.69) is 16.9 Å². The second kappa shape index (κ2) is 16.5. The van der Waals surface area contributed by atoms with Crippen molar-refractivity contribution in [3.8, 4) is 28.3 Å². The smallest absolute Gasteiger partial charge is 0.312 e. The van der Waals surface area contributed by atoms with Gasteiger partial charge in [-0.15, -0.1) is 0 Å². The number of hydrogen-bond donors (Lipinski definition) is 1. The molecule has 2 heterocycles. The van der Waals surface area contributed by atoms with Crippen LogP contribution >= 0.6 is 0 Å². The van der Waals surface area contributed by atoms with Crippen LogP contribution in [0.1, 0.15) is 58.4 Å². The molecule has 0 spiro atoms. The Labute approximate surface area is 244 Å². The molecule has 0 saturated carbocycles. The predicted octanol–water partition coefficient (Wildman–Crippen LogP) is 5.69. The minimum Gasteiger partial charge on any atom is -0.494 e. The number of ether oxygens (including phenoxy) is 2. The van der Waals surface area contributed by atoms with Crippen LogP contribution in [0.15, 0.2) is 60.9 Å². The third kappa shape index (κ3) is 9.11. The van der Waals surface area contributed by atoms with Crippen LogP contribution in [-0.4, -0.2) is 59.6 Å². The zero-order valence-electron chi connectivity index (χ0n) is 24.8. The summed E-state index contributed by atoms with van der Waals surface area (Å²) in [5.41, 5.74) is 9.95. The average Bonchev–Trinajstić information content (AvgIpc) is 3.00. The van der Waals surface area contributed by atoms with Gasteiger partial charge in [0.15, 0.2) is 5.82 Å². The number of benzene rings is 2. The maximum Gasteiger partial charge on any atom is 0.312 e. The number of aromatic nitrogens is 2. The van der Waals surface area contributed by atoms with E-state index in [1.807, 2.05) is 74.8 Å². The minimum absolute atomic E-state index is 0.153. The van der Waals surface area contributed by atoms with Crippen LogP contribution in [0.25, 0.3) is 22.5 Å². The van der Waals surface area contributed by atoms with Gasteiger partial charge in [0.1, 0.15) is 5.75 Å². The normalized spacial score (nSPS) is 13.4. The van der Waals surface area contributed by atoms with Crippen molar-refractivity contribution in [2.45, 2.75) is 65.3 Å². The monoisotopic (exact) mass is 560 g/mol. The highest BCUT2D eigenvalue weighted by Crippen LogP contribution is 2.24. The van der Waals surface area contributed by atoms with Gasteiger partial charge in [0, 0.05) is 36.6 Å². The van der Waals surface area contributed by atoms with Crippen LogP contribution in [0.3, 0.4) is 0 Å². The number of carbonyl (C=O) groups excluding carboxylic acids is 2. The largest absolute Gasteiger partial charge is 0.494 e. The number of rotatable bonds is 13. The third-order valence-corrected chi connectivity index (χ3v) is 7.07. The van der Waals surface area contributed by atoms with Crippen LogP contribution < -0.4 is 10.5 Å². The summed E-state index contributed by atoms with van der Waals surface area (Å²) in [6, 6.07) is 15.1. The Morgan fingerprint density at radius 2 is 1.51 bits per heavy atom. The molecule has 4 rings (SSSR count). The molecule has 1 unspecified atom stereocenters. The molecule has 3 aromatic rings. The lowest BCUT2D eigenvalue weighted by atomic mass is 9.97. The SMILES string of the molecule is CC.CCCCCCCOc1ccc(-c2cnc(-c3ccc(CC(N)C(=O)N4CC(C(=O)OC)C4)cc3)nc2)cc1. The Hall–Kier alpha value is -3.78. The van der Waals surface area contributed by atoms with Crippen molar-refractivity contribution in [3.05, 3.63) is 66.5 Å². The van der Waals surface area contributed by atoms with Gasteiger partial charge in [-0.2, -0.15) is 0 Å². The maximum atomic E-state index is 12.6. The lowest BCUT2D eigenvalue weighted by Crippen LogP contribution is -2.57. The van der Waals surface area contributed by atoms with E-state index in [9.17, 15) is 9.59 Å². The van der Waals surface area contributed by atoms with E-state index in [1.54, 1.807) is 4.90 Å². The number of unbranched alkanes of at least 4 members (excludes halogenated alkanes) is 4. The number of hydrogen-bond acceptors (Lipinski definition) is 7. The van der Waals surface area contributed by atoms with E-state index < -0.39 is 6.04 Å². The summed E-state index contributed by atoms with van der Waals surface area (Å²) in [5, 5.41) is 0. The van der Waals surface area contributed by atoms with Gasteiger partial charge in [-0.05, 0) is 36.1 Å². The third-order valence-electron chi connectivity index (χ3n) is 7.07. The first-order valence-corrected chi connectivity index (χ1v) is 14.7. The highest BCUT2D eigenvalue weighted by Gasteiger charge is 2.38. The Morgan fingerprint density at radius 1 is 0.902 bits per heavy atom. The van der Waals surface area contributed by atoms with Gasteiger partial charge in [0.2, 0.25) is 5.91 Å². The molecular formula is C33H44N4O4. The first-order valence-electron chi connectivity index (χ1n) is 14.7. The van der Waals surface area contributed by atoms with Crippen molar-refractivity contribution in [3.63, 3.8) is 0 Å². The molecule has 1 aliphatic rings. The molecule has 0 radical (unpaired) electrons. The second-order valence-corrected chi connectivity index (χ2v) is 10.1. The molecule has 0 bridgehead atoms. The molecule has 220 valence electrons. The van der Waals surface area contributed by atoms with Gasteiger partial charge in [-0.1, -0.05) is 82.9 Å². The fraction of sp³-hybridized carbons (Fsp3) is 0.455. The summed E-state index contributed by atoms with van der Waals surface area (Å²) in [6.07, 6.45) is 10.2. The summed E-state index contributed by atoms with van der Waals surface area (Å²) in [7, 11) is 1.35. The quantitative estimate of drug-likeness (QED) is 0.211. The molecule has 8 nitrogen and oxygen atoms in total. The van der Waals surface area contributed by atoms with Crippen molar-refractivity contribution >= 4 is 11.9 Å². The highest BCUT2D eigenvalue weighted by molar-refractivity contribution is 5.85. The van der Waals surface area contributed by atoms with E-state index in [-0.39, 0.29) is 17.8 Å². The molecule has 2 N–H and O–H groups in total. The van der Waals surface area contributed by atoms with Crippen molar-refractivity contribution in [1.29, 1.82) is 0 Å². The molecular weight excluding hydrogens is 516 g/mol. The molecule has 1 saturated heterocycles. The number of amides is 1. The maximum absolute atomic E-state index is 12.6. The van der Waals surface area contributed by atoms with E-state index in [4.69, 9.17) is 15.2 Å². The summed E-state index contributed by atoms with van der Waals surface area (Å²) in [5.74, 6) is 0.816. The summed E-state index contributed by atoms with van der Waals surface area (Å²) < 4.78 is 10.6. The molecule has 1 aliphatic heterocycles. The topological polar surface area (TPSA) is 108 Å². The average molecular weight is 561 g/mol. The first kappa shape index (κ1) is 31.7.